The number of amides is 1. The first-order valence-corrected chi connectivity index (χ1v) is 15.2. The molecule has 2 aliphatic rings. The van der Waals surface area contributed by atoms with E-state index < -0.39 is 34.4 Å². The first kappa shape index (κ1) is 31.2. The molecule has 2 aromatic rings. The van der Waals surface area contributed by atoms with E-state index in [9.17, 15) is 18.3 Å². The summed E-state index contributed by atoms with van der Waals surface area (Å²) >= 11 is 0. The van der Waals surface area contributed by atoms with E-state index in [1.165, 1.54) is 23.5 Å². The standard InChI is InChI=1S/C29H40N2O9S/c1-20(2)16-31(41(34,35)24-11-9-22(36-3)10-12-24)17-26(32)25(13-21-7-5-4-6-8-21)30-29(33)40-23-14-27-28(15-23)39-19-37-18-38-27/h4-12,20,23,25-28,32H,13-19H2,1-3H3,(H,30,33)/t23-,25-,26+,27-,28+/m0/s1. The molecule has 41 heavy (non-hydrogen) atoms. The maximum absolute atomic E-state index is 13.6. The van der Waals surface area contributed by atoms with Gasteiger partial charge in [-0.2, -0.15) is 4.31 Å². The molecule has 1 saturated heterocycles. The SMILES string of the molecule is COc1ccc(S(=O)(=O)N(CC(C)C)C[C@@H](O)[C@H](Cc2ccccc2)NC(=O)O[C@H]2C[C@@H]3OCOCO[C@@H]3C2)cc1. The molecule has 0 unspecified atom stereocenters. The Labute approximate surface area is 241 Å². The Morgan fingerprint density at radius 2 is 1.66 bits per heavy atom. The summed E-state index contributed by atoms with van der Waals surface area (Å²) in [4.78, 5) is 13.1. The van der Waals surface area contributed by atoms with Crippen molar-refractivity contribution in [1.29, 1.82) is 0 Å². The molecule has 2 aromatic carbocycles. The molecule has 0 spiro atoms. The van der Waals surface area contributed by atoms with Crippen LogP contribution < -0.4 is 10.1 Å². The predicted molar refractivity (Wildman–Crippen MR) is 150 cm³/mol. The third kappa shape index (κ3) is 8.63. The van der Waals surface area contributed by atoms with Gasteiger partial charge in [0.25, 0.3) is 0 Å². The largest absolute Gasteiger partial charge is 0.497 e. The number of fused-ring (bicyclic) bond motifs is 1. The monoisotopic (exact) mass is 592 g/mol. The number of rotatable bonds is 12. The minimum Gasteiger partial charge on any atom is -0.497 e. The zero-order valence-corrected chi connectivity index (χ0v) is 24.5. The third-order valence-electron chi connectivity index (χ3n) is 7.13. The van der Waals surface area contributed by atoms with Crippen LogP contribution in [0.1, 0.15) is 32.3 Å². The second-order valence-electron chi connectivity index (χ2n) is 10.7. The van der Waals surface area contributed by atoms with Crippen LogP contribution in [-0.4, -0.2) is 88.2 Å². The molecule has 11 nitrogen and oxygen atoms in total. The van der Waals surface area contributed by atoms with Crippen LogP contribution in [0.25, 0.3) is 0 Å². The Hall–Kier alpha value is -2.74. The summed E-state index contributed by atoms with van der Waals surface area (Å²) < 4.78 is 55.7. The fraction of sp³-hybridized carbons (Fsp3) is 0.552. The Bertz CT molecular complexity index is 1200. The van der Waals surface area contributed by atoms with Crippen molar-refractivity contribution in [2.75, 3.05) is 33.8 Å². The number of hydrogen-bond acceptors (Lipinski definition) is 9. The topological polar surface area (TPSA) is 133 Å². The van der Waals surface area contributed by atoms with E-state index >= 15 is 0 Å². The summed E-state index contributed by atoms with van der Waals surface area (Å²) in [5, 5.41) is 14.2. The highest BCUT2D eigenvalue weighted by Gasteiger charge is 2.40. The fourth-order valence-corrected chi connectivity index (χ4v) is 6.69. The fourth-order valence-electron chi connectivity index (χ4n) is 5.07. The smallest absolute Gasteiger partial charge is 0.407 e. The maximum atomic E-state index is 13.6. The van der Waals surface area contributed by atoms with Crippen molar-refractivity contribution < 1.29 is 42.0 Å². The molecule has 0 bridgehead atoms. The van der Waals surface area contributed by atoms with E-state index in [1.807, 2.05) is 44.2 Å². The van der Waals surface area contributed by atoms with Gasteiger partial charge in [0, 0.05) is 25.9 Å². The van der Waals surface area contributed by atoms with Crippen LogP contribution in [0.2, 0.25) is 0 Å². The number of methoxy groups -OCH3 is 1. The Morgan fingerprint density at radius 3 is 2.24 bits per heavy atom. The molecule has 2 N–H and O–H groups in total. The summed E-state index contributed by atoms with van der Waals surface area (Å²) in [6.45, 7) is 4.01. The zero-order valence-electron chi connectivity index (χ0n) is 23.7. The Kier molecular flexibility index (Phi) is 11.0. The van der Waals surface area contributed by atoms with Crippen LogP contribution in [0.15, 0.2) is 59.5 Å². The van der Waals surface area contributed by atoms with Crippen molar-refractivity contribution >= 4 is 16.1 Å². The first-order chi connectivity index (χ1) is 19.7. The quantitative estimate of drug-likeness (QED) is 0.382. The average molecular weight is 593 g/mol. The number of nitrogens with zero attached hydrogens (tertiary/aromatic N) is 1. The number of aliphatic hydroxyl groups is 1. The van der Waals surface area contributed by atoms with Gasteiger partial charge >= 0.3 is 6.09 Å². The van der Waals surface area contributed by atoms with E-state index in [-0.39, 0.29) is 56.1 Å². The minimum atomic E-state index is -3.95. The van der Waals surface area contributed by atoms with Gasteiger partial charge in [0.05, 0.1) is 36.4 Å². The van der Waals surface area contributed by atoms with Crippen molar-refractivity contribution in [1.82, 2.24) is 9.62 Å². The van der Waals surface area contributed by atoms with Gasteiger partial charge in [-0.05, 0) is 42.2 Å². The number of nitrogens with one attached hydrogen (secondary N) is 1. The van der Waals surface area contributed by atoms with Crippen molar-refractivity contribution in [2.45, 2.75) is 68.5 Å². The third-order valence-corrected chi connectivity index (χ3v) is 8.98. The van der Waals surface area contributed by atoms with E-state index in [2.05, 4.69) is 5.32 Å². The molecule has 1 aliphatic heterocycles. The molecule has 5 atom stereocenters. The molecule has 1 saturated carbocycles. The second kappa shape index (κ2) is 14.4. The molecule has 0 radical (unpaired) electrons. The van der Waals surface area contributed by atoms with Gasteiger partial charge in [0.2, 0.25) is 10.0 Å². The van der Waals surface area contributed by atoms with E-state index in [1.54, 1.807) is 12.1 Å². The minimum absolute atomic E-state index is 0.00865. The lowest BCUT2D eigenvalue weighted by Crippen LogP contribution is -2.51. The van der Waals surface area contributed by atoms with Crippen molar-refractivity contribution in [3.8, 4) is 5.75 Å². The molecule has 4 rings (SSSR count). The van der Waals surface area contributed by atoms with Crippen molar-refractivity contribution in [3.63, 3.8) is 0 Å². The molecule has 1 heterocycles. The number of sulfonamides is 1. The highest BCUT2D eigenvalue weighted by molar-refractivity contribution is 7.89. The van der Waals surface area contributed by atoms with Gasteiger partial charge in [-0.15, -0.1) is 0 Å². The van der Waals surface area contributed by atoms with Gasteiger partial charge < -0.3 is 34.1 Å². The van der Waals surface area contributed by atoms with Crippen LogP contribution in [0, 0.1) is 5.92 Å². The Balaban J connectivity index is 1.48. The molecule has 226 valence electrons. The van der Waals surface area contributed by atoms with E-state index in [4.69, 9.17) is 23.7 Å². The van der Waals surface area contributed by atoms with Crippen LogP contribution in [-0.2, 0) is 35.4 Å². The maximum Gasteiger partial charge on any atom is 0.407 e. The molecule has 1 aliphatic carbocycles. The number of carbonyl (C=O) groups is 1. The molecular formula is C29H40N2O9S. The van der Waals surface area contributed by atoms with Crippen LogP contribution in [0.5, 0.6) is 5.75 Å². The van der Waals surface area contributed by atoms with E-state index in [0.29, 0.717) is 18.6 Å². The van der Waals surface area contributed by atoms with Crippen molar-refractivity contribution in [3.05, 3.63) is 60.2 Å². The number of hydrogen-bond donors (Lipinski definition) is 2. The van der Waals surface area contributed by atoms with Gasteiger partial charge in [0.1, 0.15) is 25.4 Å². The summed E-state index contributed by atoms with van der Waals surface area (Å²) in [6.07, 6.45) is -1.60. The molecule has 2 fully saturated rings. The molecular weight excluding hydrogens is 552 g/mol. The molecule has 0 aromatic heterocycles. The Morgan fingerprint density at radius 1 is 1.02 bits per heavy atom. The second-order valence-corrected chi connectivity index (χ2v) is 12.7. The lowest BCUT2D eigenvalue weighted by Gasteiger charge is -2.31. The first-order valence-electron chi connectivity index (χ1n) is 13.8. The lowest BCUT2D eigenvalue weighted by molar-refractivity contribution is -0.0963. The predicted octanol–water partition coefficient (Wildman–Crippen LogP) is 2.92. The highest BCUT2D eigenvalue weighted by atomic mass is 32.2. The number of carbonyl (C=O) groups excluding carboxylic acids is 1. The summed E-state index contributed by atoms with van der Waals surface area (Å²) in [5.41, 5.74) is 0.871. The van der Waals surface area contributed by atoms with Crippen LogP contribution in [0.4, 0.5) is 4.79 Å². The lowest BCUT2D eigenvalue weighted by atomic mass is 10.0. The molecule has 1 amide bonds. The zero-order chi connectivity index (χ0) is 29.4. The number of ether oxygens (including phenoxy) is 5. The van der Waals surface area contributed by atoms with Gasteiger partial charge in [0.15, 0.2) is 0 Å². The average Bonchev–Trinajstić information content (AvgIpc) is 3.19. The van der Waals surface area contributed by atoms with E-state index in [0.717, 1.165) is 5.56 Å². The van der Waals surface area contributed by atoms with Gasteiger partial charge in [-0.25, -0.2) is 13.2 Å². The summed E-state index contributed by atoms with van der Waals surface area (Å²) in [6, 6.07) is 14.7. The number of alkyl carbamates (subject to hydrolysis) is 1. The van der Waals surface area contributed by atoms with Gasteiger partial charge in [-0.3, -0.25) is 0 Å². The normalized spacial score (nSPS) is 22.5. The number of benzene rings is 2. The van der Waals surface area contributed by atoms with Crippen LogP contribution >= 0.6 is 0 Å². The highest BCUT2D eigenvalue weighted by Crippen LogP contribution is 2.29. The molecule has 12 heteroatoms. The van der Waals surface area contributed by atoms with Crippen molar-refractivity contribution in [2.24, 2.45) is 5.92 Å². The van der Waals surface area contributed by atoms with Gasteiger partial charge in [-0.1, -0.05) is 44.2 Å². The summed E-state index contributed by atoms with van der Waals surface area (Å²) in [5.74, 6) is 0.527. The van der Waals surface area contributed by atoms with Crippen LogP contribution in [0.3, 0.4) is 0 Å². The summed E-state index contributed by atoms with van der Waals surface area (Å²) in [7, 11) is -2.44. The number of aliphatic hydroxyl groups excluding tert-OH is 1.